The van der Waals surface area contributed by atoms with Crippen molar-refractivity contribution in [3.63, 3.8) is 0 Å². The van der Waals surface area contributed by atoms with E-state index in [9.17, 15) is 15.0 Å². The summed E-state index contributed by atoms with van der Waals surface area (Å²) in [6.07, 6.45) is 5.46. The molecule has 0 radical (unpaired) electrons. The fourth-order valence-corrected chi connectivity index (χ4v) is 4.05. The lowest BCUT2D eigenvalue weighted by molar-refractivity contribution is -0.138. The van der Waals surface area contributed by atoms with Gasteiger partial charge in [0.1, 0.15) is 24.1 Å². The van der Waals surface area contributed by atoms with E-state index in [4.69, 9.17) is 10.5 Å². The van der Waals surface area contributed by atoms with Gasteiger partial charge in [-0.25, -0.2) is 15.0 Å². The van der Waals surface area contributed by atoms with Crippen molar-refractivity contribution < 1.29 is 19.7 Å². The summed E-state index contributed by atoms with van der Waals surface area (Å²) in [7, 11) is 0. The zero-order chi connectivity index (χ0) is 19.7. The fourth-order valence-electron chi connectivity index (χ4n) is 4.05. The van der Waals surface area contributed by atoms with Gasteiger partial charge in [0.15, 0.2) is 23.8 Å². The molecule has 10 heteroatoms. The van der Waals surface area contributed by atoms with Gasteiger partial charge in [-0.2, -0.15) is 0 Å². The molecule has 3 heterocycles. The molecule has 2 aliphatic rings. The lowest BCUT2D eigenvalue weighted by Crippen LogP contribution is -2.46. The minimum absolute atomic E-state index is 0.0707. The summed E-state index contributed by atoms with van der Waals surface area (Å²) in [4.78, 5) is 24.9. The van der Waals surface area contributed by atoms with Gasteiger partial charge in [0.25, 0.3) is 5.91 Å². The van der Waals surface area contributed by atoms with E-state index in [1.54, 1.807) is 0 Å². The van der Waals surface area contributed by atoms with Gasteiger partial charge < -0.3 is 26.0 Å². The van der Waals surface area contributed by atoms with Crippen LogP contribution in [0.25, 0.3) is 11.2 Å². The number of anilines is 1. The number of aliphatic hydroxyl groups is 2. The number of nitrogens with two attached hydrogens (primary N) is 1. The largest absolute Gasteiger partial charge is 0.387 e. The van der Waals surface area contributed by atoms with Crippen molar-refractivity contribution in [3.05, 3.63) is 12.7 Å². The van der Waals surface area contributed by atoms with E-state index in [2.05, 4.69) is 20.3 Å². The van der Waals surface area contributed by atoms with Crippen molar-refractivity contribution in [3.8, 4) is 0 Å². The molecule has 4 rings (SSSR count). The minimum Gasteiger partial charge on any atom is -0.387 e. The number of aromatic nitrogens is 4. The number of nitrogen functional groups attached to an aromatic ring is 1. The van der Waals surface area contributed by atoms with Gasteiger partial charge >= 0.3 is 0 Å². The van der Waals surface area contributed by atoms with Crippen molar-refractivity contribution >= 4 is 22.9 Å². The van der Waals surface area contributed by atoms with Crippen LogP contribution in [0, 0.1) is 0 Å². The number of nitrogens with zero attached hydrogens (tertiary/aromatic N) is 4. The van der Waals surface area contributed by atoms with E-state index < -0.39 is 30.4 Å². The van der Waals surface area contributed by atoms with E-state index in [1.807, 2.05) is 0 Å². The highest BCUT2D eigenvalue weighted by Crippen LogP contribution is 2.32. The third kappa shape index (κ3) is 3.54. The first kappa shape index (κ1) is 19.0. The van der Waals surface area contributed by atoms with Crippen molar-refractivity contribution in [2.24, 2.45) is 0 Å². The highest BCUT2D eigenvalue weighted by Gasteiger charge is 2.48. The number of aliphatic hydroxyl groups excluding tert-OH is 2. The van der Waals surface area contributed by atoms with E-state index in [0.29, 0.717) is 11.2 Å². The summed E-state index contributed by atoms with van der Waals surface area (Å²) in [6.45, 7) is 0. The van der Waals surface area contributed by atoms with Gasteiger partial charge in [0.05, 0.1) is 6.33 Å². The molecular weight excluding hydrogens is 364 g/mol. The van der Waals surface area contributed by atoms with Crippen LogP contribution in [0.3, 0.4) is 0 Å². The molecule has 5 N–H and O–H groups in total. The summed E-state index contributed by atoms with van der Waals surface area (Å²) in [5, 5.41) is 23.9. The first-order valence-corrected chi connectivity index (χ1v) is 9.81. The molecule has 10 nitrogen and oxygen atoms in total. The zero-order valence-corrected chi connectivity index (χ0v) is 15.6. The molecular formula is C18H26N6O4. The molecule has 0 spiro atoms. The molecule has 2 aromatic heterocycles. The average molecular weight is 390 g/mol. The standard InChI is InChI=1S/C18H26N6O4/c19-15-11-16(21-8-20-15)24(9-22-11)18-13(26)12(25)14(28-18)17(27)23-10-6-4-2-1-3-5-7-10/h8-10,12-14,18,25-26H,1-7H2,(H,23,27)(H2,19,20,21)/t12-,13+,14-,18+/m0/s1. The lowest BCUT2D eigenvalue weighted by Gasteiger charge is -2.23. The second-order valence-electron chi connectivity index (χ2n) is 7.56. The van der Waals surface area contributed by atoms with Crippen LogP contribution >= 0.6 is 0 Å². The van der Waals surface area contributed by atoms with Crippen LogP contribution < -0.4 is 11.1 Å². The topological polar surface area (TPSA) is 148 Å². The number of fused-ring (bicyclic) bond motifs is 1. The minimum atomic E-state index is -1.35. The molecule has 1 aliphatic carbocycles. The highest BCUT2D eigenvalue weighted by atomic mass is 16.6. The number of imidazole rings is 1. The molecule has 1 aliphatic heterocycles. The van der Waals surface area contributed by atoms with Crippen LogP contribution in [-0.4, -0.2) is 60.0 Å². The second-order valence-corrected chi connectivity index (χ2v) is 7.56. The molecule has 0 aromatic carbocycles. The third-order valence-corrected chi connectivity index (χ3v) is 5.61. The Morgan fingerprint density at radius 3 is 2.57 bits per heavy atom. The van der Waals surface area contributed by atoms with Crippen molar-refractivity contribution in [2.75, 3.05) is 5.73 Å². The smallest absolute Gasteiger partial charge is 0.252 e. The van der Waals surface area contributed by atoms with Crippen LogP contribution in [-0.2, 0) is 9.53 Å². The van der Waals surface area contributed by atoms with E-state index in [-0.39, 0.29) is 11.9 Å². The van der Waals surface area contributed by atoms with Gasteiger partial charge in [-0.15, -0.1) is 0 Å². The number of ether oxygens (including phenoxy) is 1. The van der Waals surface area contributed by atoms with Crippen LogP contribution in [0.5, 0.6) is 0 Å². The predicted octanol–water partition coefficient (Wildman–Crippen LogP) is 0.257. The Morgan fingerprint density at radius 1 is 1.11 bits per heavy atom. The molecule has 1 saturated heterocycles. The lowest BCUT2D eigenvalue weighted by atomic mass is 9.96. The van der Waals surface area contributed by atoms with Crippen molar-refractivity contribution in [1.29, 1.82) is 0 Å². The number of amides is 1. The van der Waals surface area contributed by atoms with Crippen molar-refractivity contribution in [1.82, 2.24) is 24.8 Å². The quantitative estimate of drug-likeness (QED) is 0.583. The molecule has 1 amide bonds. The van der Waals surface area contributed by atoms with Crippen molar-refractivity contribution in [2.45, 2.75) is 75.5 Å². The molecule has 2 fully saturated rings. The van der Waals surface area contributed by atoms with E-state index in [1.165, 1.54) is 36.5 Å². The van der Waals surface area contributed by atoms with E-state index >= 15 is 0 Å². The van der Waals surface area contributed by atoms with Crippen LogP contribution in [0.15, 0.2) is 12.7 Å². The Balaban J connectivity index is 1.49. The summed E-state index contributed by atoms with van der Waals surface area (Å²) in [5.74, 6) is -0.200. The number of hydrogen-bond acceptors (Lipinski definition) is 8. The Labute approximate surface area is 162 Å². The number of hydrogen-bond donors (Lipinski definition) is 4. The van der Waals surface area contributed by atoms with Gasteiger partial charge in [-0.05, 0) is 12.8 Å². The SMILES string of the molecule is Nc1ncnc2c1ncn2[C@@H]1O[C@H](C(=O)NC2CCCCCCC2)[C@@H](O)[C@H]1O. The van der Waals surface area contributed by atoms with Crippen LogP contribution in [0.2, 0.25) is 0 Å². The monoisotopic (exact) mass is 390 g/mol. The number of carbonyl (C=O) groups is 1. The molecule has 152 valence electrons. The van der Waals surface area contributed by atoms with Crippen LogP contribution in [0.4, 0.5) is 5.82 Å². The fraction of sp³-hybridized carbons (Fsp3) is 0.667. The summed E-state index contributed by atoms with van der Waals surface area (Å²) in [6, 6.07) is 0.0707. The molecule has 2 aromatic rings. The normalized spacial score (nSPS) is 29.5. The highest BCUT2D eigenvalue weighted by molar-refractivity contribution is 5.83. The summed E-state index contributed by atoms with van der Waals surface area (Å²) < 4.78 is 7.21. The van der Waals surface area contributed by atoms with E-state index in [0.717, 1.165) is 25.7 Å². The maximum atomic E-state index is 12.7. The molecule has 4 atom stereocenters. The maximum Gasteiger partial charge on any atom is 0.252 e. The predicted molar refractivity (Wildman–Crippen MR) is 99.9 cm³/mol. The van der Waals surface area contributed by atoms with Gasteiger partial charge in [-0.3, -0.25) is 9.36 Å². The Hall–Kier alpha value is -2.30. The first-order chi connectivity index (χ1) is 13.6. The second kappa shape index (κ2) is 7.98. The summed E-state index contributed by atoms with van der Waals surface area (Å²) >= 11 is 0. The molecule has 0 unspecified atom stereocenters. The maximum absolute atomic E-state index is 12.7. The van der Waals surface area contributed by atoms with Crippen LogP contribution in [0.1, 0.15) is 51.2 Å². The molecule has 1 saturated carbocycles. The average Bonchev–Trinajstić information content (AvgIpc) is 3.20. The number of carbonyl (C=O) groups excluding carboxylic acids is 1. The first-order valence-electron chi connectivity index (χ1n) is 9.81. The number of nitrogens with one attached hydrogen (secondary N) is 1. The Morgan fingerprint density at radius 2 is 1.82 bits per heavy atom. The molecule has 0 bridgehead atoms. The third-order valence-electron chi connectivity index (χ3n) is 5.61. The van der Waals surface area contributed by atoms with Gasteiger partial charge in [0, 0.05) is 6.04 Å². The Kier molecular flexibility index (Phi) is 5.42. The molecule has 28 heavy (non-hydrogen) atoms. The van der Waals surface area contributed by atoms with Gasteiger partial charge in [-0.1, -0.05) is 32.1 Å². The number of rotatable bonds is 3. The Bertz CT molecular complexity index is 835. The summed E-state index contributed by atoms with van der Waals surface area (Å²) in [5.41, 5.74) is 6.53. The van der Waals surface area contributed by atoms with Gasteiger partial charge in [0.2, 0.25) is 0 Å². The zero-order valence-electron chi connectivity index (χ0n) is 15.6.